The van der Waals surface area contributed by atoms with Crippen LogP contribution in [-0.4, -0.2) is 52.0 Å². The third kappa shape index (κ3) is 6.47. The van der Waals surface area contributed by atoms with Gasteiger partial charge in [0.15, 0.2) is 5.96 Å². The van der Waals surface area contributed by atoms with Crippen molar-refractivity contribution in [2.24, 2.45) is 10.9 Å². The average Bonchev–Trinajstić information content (AvgIpc) is 3.29. The minimum absolute atomic E-state index is 0.221. The molecule has 1 heterocycles. The van der Waals surface area contributed by atoms with Gasteiger partial charge in [0.2, 0.25) is 0 Å². The molecule has 2 aliphatic rings. The highest BCUT2D eigenvalue weighted by molar-refractivity contribution is 9.10. The maximum absolute atomic E-state index is 5.77. The van der Waals surface area contributed by atoms with E-state index in [2.05, 4.69) is 57.8 Å². The monoisotopic (exact) mass is 437 g/mol. The quantitative estimate of drug-likeness (QED) is 0.334. The molecule has 1 aliphatic heterocycles. The van der Waals surface area contributed by atoms with Gasteiger partial charge in [-0.25, -0.2) is 0 Å². The second kappa shape index (κ2) is 10.4. The molecule has 5 nitrogen and oxygen atoms in total. The summed E-state index contributed by atoms with van der Waals surface area (Å²) in [5, 5.41) is 6.79. The zero-order valence-electron chi connectivity index (χ0n) is 16.3. The molecule has 0 spiro atoms. The molecule has 6 heteroatoms. The first-order chi connectivity index (χ1) is 13.2. The van der Waals surface area contributed by atoms with Crippen LogP contribution in [0, 0.1) is 5.92 Å². The van der Waals surface area contributed by atoms with Crippen LogP contribution >= 0.6 is 15.9 Å². The van der Waals surface area contributed by atoms with Crippen LogP contribution in [0.2, 0.25) is 0 Å². The number of ether oxygens (including phenoxy) is 2. The van der Waals surface area contributed by atoms with Crippen molar-refractivity contribution in [1.29, 1.82) is 0 Å². The van der Waals surface area contributed by atoms with Crippen molar-refractivity contribution in [3.05, 3.63) is 34.3 Å². The number of nitrogens with one attached hydrogen (secondary N) is 2. The minimum atomic E-state index is 0.221. The molecule has 0 radical (unpaired) electrons. The lowest BCUT2D eigenvalue weighted by atomic mass is 9.96. The predicted molar refractivity (Wildman–Crippen MR) is 113 cm³/mol. The summed E-state index contributed by atoms with van der Waals surface area (Å²) in [4.78, 5) is 4.86. The minimum Gasteiger partial charge on any atom is -0.381 e. The molecule has 1 saturated heterocycles. The van der Waals surface area contributed by atoms with E-state index in [1.165, 1.54) is 18.4 Å². The fraction of sp³-hybridized carbons (Fsp3) is 0.667. The molecule has 3 rings (SSSR count). The highest BCUT2D eigenvalue weighted by Crippen LogP contribution is 2.48. The van der Waals surface area contributed by atoms with E-state index in [0.29, 0.717) is 5.92 Å². The second-order valence-corrected chi connectivity index (χ2v) is 8.49. The third-order valence-corrected chi connectivity index (χ3v) is 5.80. The molecule has 150 valence electrons. The molecule has 0 bridgehead atoms. The van der Waals surface area contributed by atoms with E-state index in [0.717, 1.165) is 69.3 Å². The van der Waals surface area contributed by atoms with Crippen LogP contribution in [0.25, 0.3) is 0 Å². The summed E-state index contributed by atoms with van der Waals surface area (Å²) >= 11 is 3.58. The van der Waals surface area contributed by atoms with Gasteiger partial charge >= 0.3 is 0 Å². The van der Waals surface area contributed by atoms with Gasteiger partial charge in [0.25, 0.3) is 0 Å². The summed E-state index contributed by atoms with van der Waals surface area (Å²) in [6, 6.07) is 8.65. The zero-order valence-corrected chi connectivity index (χ0v) is 17.9. The first kappa shape index (κ1) is 20.6. The second-order valence-electron chi connectivity index (χ2n) is 7.57. The molecular formula is C21H32BrN3O2. The van der Waals surface area contributed by atoms with Gasteiger partial charge in [-0.2, -0.15) is 0 Å². The number of nitrogens with zero attached hydrogens (tertiary/aromatic N) is 1. The van der Waals surface area contributed by atoms with Crippen molar-refractivity contribution in [3.63, 3.8) is 0 Å². The molecule has 2 fully saturated rings. The van der Waals surface area contributed by atoms with Crippen molar-refractivity contribution >= 4 is 21.9 Å². The molecule has 1 atom stereocenters. The summed E-state index contributed by atoms with van der Waals surface area (Å²) in [7, 11) is 0. The van der Waals surface area contributed by atoms with Crippen LogP contribution < -0.4 is 10.6 Å². The molecule has 1 unspecified atom stereocenters. The van der Waals surface area contributed by atoms with Crippen LogP contribution in [0.15, 0.2) is 33.7 Å². The van der Waals surface area contributed by atoms with E-state index in [1.807, 2.05) is 0 Å². The first-order valence-electron chi connectivity index (χ1n) is 10.2. The van der Waals surface area contributed by atoms with E-state index >= 15 is 0 Å². The summed E-state index contributed by atoms with van der Waals surface area (Å²) < 4.78 is 12.3. The van der Waals surface area contributed by atoms with Crippen LogP contribution in [0.3, 0.4) is 0 Å². The van der Waals surface area contributed by atoms with Crippen LogP contribution in [0.1, 0.15) is 38.2 Å². The smallest absolute Gasteiger partial charge is 0.191 e. The van der Waals surface area contributed by atoms with Crippen LogP contribution in [0.5, 0.6) is 0 Å². The Hall–Kier alpha value is -1.11. The molecular weight excluding hydrogens is 406 g/mol. The molecule has 0 aromatic heterocycles. The number of benzene rings is 1. The molecule has 1 saturated carbocycles. The standard InChI is InChI=1S/C21H32BrN3O2/c1-2-23-20(24-10-4-11-26-14-17-7-12-27-15-17)25-16-21(8-9-21)18-5-3-6-19(22)13-18/h3,5-6,13,17H,2,4,7-12,14-16H2,1H3,(H2,23,24,25). The number of aliphatic imine (C=N–C) groups is 1. The molecule has 1 aliphatic carbocycles. The zero-order chi connectivity index (χ0) is 19.0. The van der Waals surface area contributed by atoms with E-state index in [1.54, 1.807) is 0 Å². The number of rotatable bonds is 10. The van der Waals surface area contributed by atoms with E-state index < -0.39 is 0 Å². The average molecular weight is 438 g/mol. The first-order valence-corrected chi connectivity index (χ1v) is 10.9. The van der Waals surface area contributed by atoms with Gasteiger partial charge in [0, 0.05) is 42.1 Å². The van der Waals surface area contributed by atoms with Crippen molar-refractivity contribution in [1.82, 2.24) is 10.6 Å². The van der Waals surface area contributed by atoms with Gasteiger partial charge in [-0.05, 0) is 50.3 Å². The number of hydrogen-bond acceptors (Lipinski definition) is 3. The van der Waals surface area contributed by atoms with Crippen molar-refractivity contribution < 1.29 is 9.47 Å². The largest absolute Gasteiger partial charge is 0.381 e. The normalized spacial score (nSPS) is 21.3. The lowest BCUT2D eigenvalue weighted by molar-refractivity contribution is 0.0888. The highest BCUT2D eigenvalue weighted by Gasteiger charge is 2.44. The van der Waals surface area contributed by atoms with E-state index in [-0.39, 0.29) is 5.41 Å². The fourth-order valence-corrected chi connectivity index (χ4v) is 3.82. The summed E-state index contributed by atoms with van der Waals surface area (Å²) in [5.41, 5.74) is 1.61. The van der Waals surface area contributed by atoms with Crippen molar-refractivity contribution in [3.8, 4) is 0 Å². The van der Waals surface area contributed by atoms with Gasteiger partial charge in [0.1, 0.15) is 0 Å². The Morgan fingerprint density at radius 1 is 1.37 bits per heavy atom. The Morgan fingerprint density at radius 2 is 2.26 bits per heavy atom. The number of halogens is 1. The van der Waals surface area contributed by atoms with E-state index in [4.69, 9.17) is 14.5 Å². The Balaban J connectivity index is 1.40. The lowest BCUT2D eigenvalue weighted by Gasteiger charge is -2.16. The molecule has 1 aromatic carbocycles. The maximum atomic E-state index is 5.77. The van der Waals surface area contributed by atoms with E-state index in [9.17, 15) is 0 Å². The Bertz CT molecular complexity index is 613. The summed E-state index contributed by atoms with van der Waals surface area (Å²) in [6.07, 6.45) is 4.54. The van der Waals surface area contributed by atoms with Crippen LogP contribution in [0.4, 0.5) is 0 Å². The van der Waals surface area contributed by atoms with Gasteiger partial charge in [0.05, 0.1) is 19.8 Å². The van der Waals surface area contributed by atoms with Crippen molar-refractivity contribution in [2.45, 2.75) is 38.0 Å². The topological polar surface area (TPSA) is 54.9 Å². The molecule has 27 heavy (non-hydrogen) atoms. The fourth-order valence-electron chi connectivity index (χ4n) is 3.43. The Morgan fingerprint density at radius 3 is 2.96 bits per heavy atom. The lowest BCUT2D eigenvalue weighted by Crippen LogP contribution is -2.38. The number of guanidine groups is 1. The highest BCUT2D eigenvalue weighted by atomic mass is 79.9. The molecule has 1 aromatic rings. The Kier molecular flexibility index (Phi) is 7.97. The summed E-state index contributed by atoms with van der Waals surface area (Å²) in [6.45, 7) is 8.02. The summed E-state index contributed by atoms with van der Waals surface area (Å²) in [5.74, 6) is 1.49. The van der Waals surface area contributed by atoms with Crippen LogP contribution in [-0.2, 0) is 14.9 Å². The SMILES string of the molecule is CCNC(=NCC1(c2cccc(Br)c2)CC1)NCCCOCC1CCOC1. The van der Waals surface area contributed by atoms with Crippen molar-refractivity contribution in [2.75, 3.05) is 46.1 Å². The van der Waals surface area contributed by atoms with Gasteiger partial charge in [-0.15, -0.1) is 0 Å². The number of hydrogen-bond donors (Lipinski definition) is 2. The van der Waals surface area contributed by atoms with Gasteiger partial charge in [-0.3, -0.25) is 4.99 Å². The molecule has 0 amide bonds. The third-order valence-electron chi connectivity index (χ3n) is 5.31. The van der Waals surface area contributed by atoms with Gasteiger partial charge < -0.3 is 20.1 Å². The molecule has 2 N–H and O–H groups in total. The maximum Gasteiger partial charge on any atom is 0.191 e. The Labute approximate surface area is 171 Å². The van der Waals surface area contributed by atoms with Gasteiger partial charge in [-0.1, -0.05) is 28.1 Å². The predicted octanol–water partition coefficient (Wildman–Crippen LogP) is 3.48.